The molecule has 1 heterocycles. The molecule has 0 aliphatic rings. The minimum atomic E-state index is -0.372. The average Bonchev–Trinajstić information content (AvgIpc) is 2.59. The molecule has 0 fully saturated rings. The lowest BCUT2D eigenvalue weighted by Gasteiger charge is -2.10. The molecule has 0 atom stereocenters. The first-order valence-corrected chi connectivity index (χ1v) is 7.79. The molecule has 0 saturated carbocycles. The SMILES string of the molecule is C#CCOc1ccc2[nH]c(=O)nc(-c3ccc(C(C)C)cc3)c2c1. The van der Waals surface area contributed by atoms with E-state index in [4.69, 9.17) is 11.2 Å². The van der Waals surface area contributed by atoms with Crippen molar-refractivity contribution in [2.45, 2.75) is 19.8 Å². The van der Waals surface area contributed by atoms with Crippen molar-refractivity contribution < 1.29 is 4.74 Å². The maximum atomic E-state index is 11.9. The van der Waals surface area contributed by atoms with Crippen LogP contribution in [0.15, 0.2) is 47.3 Å². The molecule has 120 valence electrons. The number of aromatic nitrogens is 2. The predicted molar refractivity (Wildman–Crippen MR) is 96.2 cm³/mol. The lowest BCUT2D eigenvalue weighted by atomic mass is 9.99. The summed E-state index contributed by atoms with van der Waals surface area (Å²) < 4.78 is 5.48. The summed E-state index contributed by atoms with van der Waals surface area (Å²) in [6.07, 6.45) is 5.23. The van der Waals surface area contributed by atoms with Crippen molar-refractivity contribution in [3.05, 3.63) is 58.5 Å². The predicted octanol–water partition coefficient (Wildman–Crippen LogP) is 3.73. The molecule has 0 amide bonds. The van der Waals surface area contributed by atoms with Gasteiger partial charge in [0.05, 0.1) is 11.2 Å². The Morgan fingerprint density at radius 3 is 2.62 bits per heavy atom. The Morgan fingerprint density at radius 2 is 1.96 bits per heavy atom. The Kier molecular flexibility index (Phi) is 4.35. The van der Waals surface area contributed by atoms with Gasteiger partial charge in [-0.1, -0.05) is 44.0 Å². The second kappa shape index (κ2) is 6.59. The molecular weight excluding hydrogens is 300 g/mol. The Labute approximate surface area is 140 Å². The minimum absolute atomic E-state index is 0.195. The average molecular weight is 318 g/mol. The molecule has 3 aromatic rings. The number of H-pyrrole nitrogens is 1. The fraction of sp³-hybridized carbons (Fsp3) is 0.200. The summed E-state index contributed by atoms with van der Waals surface area (Å²) in [6, 6.07) is 13.5. The molecular formula is C20H18N2O2. The largest absolute Gasteiger partial charge is 0.481 e. The topological polar surface area (TPSA) is 55.0 Å². The highest BCUT2D eigenvalue weighted by Crippen LogP contribution is 2.28. The molecule has 0 bridgehead atoms. The number of benzene rings is 2. The number of fused-ring (bicyclic) bond motifs is 1. The first kappa shape index (κ1) is 15.8. The van der Waals surface area contributed by atoms with Crippen LogP contribution in [0, 0.1) is 12.3 Å². The number of nitrogens with one attached hydrogen (secondary N) is 1. The van der Waals surface area contributed by atoms with Crippen LogP contribution in [-0.4, -0.2) is 16.6 Å². The molecule has 4 nitrogen and oxygen atoms in total. The van der Waals surface area contributed by atoms with Crippen LogP contribution >= 0.6 is 0 Å². The van der Waals surface area contributed by atoms with E-state index >= 15 is 0 Å². The van der Waals surface area contributed by atoms with Crippen molar-refractivity contribution >= 4 is 10.9 Å². The van der Waals surface area contributed by atoms with Crippen LogP contribution in [-0.2, 0) is 0 Å². The molecule has 0 spiro atoms. The van der Waals surface area contributed by atoms with Crippen molar-refractivity contribution in [1.29, 1.82) is 0 Å². The molecule has 24 heavy (non-hydrogen) atoms. The summed E-state index contributed by atoms with van der Waals surface area (Å²) in [6.45, 7) is 4.48. The van der Waals surface area contributed by atoms with Crippen molar-refractivity contribution in [2.24, 2.45) is 0 Å². The third-order valence-corrected chi connectivity index (χ3v) is 3.87. The van der Waals surface area contributed by atoms with E-state index in [1.54, 1.807) is 12.1 Å². The fourth-order valence-electron chi connectivity index (χ4n) is 2.59. The van der Waals surface area contributed by atoms with E-state index in [0.717, 1.165) is 10.9 Å². The third kappa shape index (κ3) is 3.16. The summed E-state index contributed by atoms with van der Waals surface area (Å²) in [5, 5.41) is 0.821. The van der Waals surface area contributed by atoms with Crippen molar-refractivity contribution in [2.75, 3.05) is 6.61 Å². The zero-order chi connectivity index (χ0) is 17.1. The number of rotatable bonds is 4. The van der Waals surface area contributed by atoms with E-state index in [2.05, 4.69) is 41.9 Å². The number of ether oxygens (including phenoxy) is 1. The summed E-state index contributed by atoms with van der Waals surface area (Å²) in [7, 11) is 0. The number of terminal acetylenes is 1. The van der Waals surface area contributed by atoms with Crippen molar-refractivity contribution in [3.8, 4) is 29.4 Å². The van der Waals surface area contributed by atoms with Gasteiger partial charge in [0.25, 0.3) is 0 Å². The Balaban J connectivity index is 2.14. The molecule has 4 heteroatoms. The maximum absolute atomic E-state index is 11.9. The monoisotopic (exact) mass is 318 g/mol. The molecule has 0 unspecified atom stereocenters. The zero-order valence-corrected chi connectivity index (χ0v) is 13.7. The van der Waals surface area contributed by atoms with Crippen molar-refractivity contribution in [1.82, 2.24) is 9.97 Å². The third-order valence-electron chi connectivity index (χ3n) is 3.87. The van der Waals surface area contributed by atoms with Gasteiger partial charge in [0.1, 0.15) is 12.4 Å². The van der Waals surface area contributed by atoms with Gasteiger partial charge >= 0.3 is 5.69 Å². The fourth-order valence-corrected chi connectivity index (χ4v) is 2.59. The second-order valence-electron chi connectivity index (χ2n) is 5.87. The molecule has 1 aromatic heterocycles. The lowest BCUT2D eigenvalue weighted by Crippen LogP contribution is -2.11. The minimum Gasteiger partial charge on any atom is -0.481 e. The normalized spacial score (nSPS) is 10.8. The highest BCUT2D eigenvalue weighted by Gasteiger charge is 2.10. The van der Waals surface area contributed by atoms with Crippen LogP contribution in [0.4, 0.5) is 0 Å². The molecule has 1 N–H and O–H groups in total. The molecule has 3 rings (SSSR count). The number of nitrogens with zero attached hydrogens (tertiary/aromatic N) is 1. The van der Waals surface area contributed by atoms with E-state index in [9.17, 15) is 4.79 Å². The zero-order valence-electron chi connectivity index (χ0n) is 13.7. The van der Waals surface area contributed by atoms with Crippen LogP contribution in [0.2, 0.25) is 0 Å². The smallest absolute Gasteiger partial charge is 0.345 e. The van der Waals surface area contributed by atoms with E-state index in [0.29, 0.717) is 22.9 Å². The second-order valence-corrected chi connectivity index (χ2v) is 5.87. The van der Waals surface area contributed by atoms with Crippen LogP contribution in [0.5, 0.6) is 5.75 Å². The summed E-state index contributed by atoms with van der Waals surface area (Å²) in [5.74, 6) is 3.54. The van der Waals surface area contributed by atoms with Gasteiger partial charge in [-0.25, -0.2) is 4.79 Å². The van der Waals surface area contributed by atoms with Gasteiger partial charge in [-0.15, -0.1) is 6.42 Å². The van der Waals surface area contributed by atoms with Gasteiger partial charge < -0.3 is 9.72 Å². The molecule has 0 saturated heterocycles. The van der Waals surface area contributed by atoms with Gasteiger partial charge in [0.2, 0.25) is 0 Å². The Morgan fingerprint density at radius 1 is 1.21 bits per heavy atom. The van der Waals surface area contributed by atoms with Crippen LogP contribution in [0.1, 0.15) is 25.3 Å². The Hall–Kier alpha value is -3.06. The van der Waals surface area contributed by atoms with Gasteiger partial charge in [0.15, 0.2) is 0 Å². The highest BCUT2D eigenvalue weighted by atomic mass is 16.5. The number of hydrogen-bond acceptors (Lipinski definition) is 3. The standard InChI is InChI=1S/C20H18N2O2/c1-4-11-24-16-9-10-18-17(12-16)19(22-20(23)21-18)15-7-5-14(6-8-15)13(2)3/h1,5-10,12-13H,11H2,2-3H3,(H,21,22,23). The van der Waals surface area contributed by atoms with E-state index in [1.165, 1.54) is 5.56 Å². The Bertz CT molecular complexity index is 964. The van der Waals surface area contributed by atoms with Crippen LogP contribution in [0.25, 0.3) is 22.2 Å². The van der Waals surface area contributed by atoms with Gasteiger partial charge in [-0.3, -0.25) is 0 Å². The number of hydrogen-bond donors (Lipinski definition) is 1. The highest BCUT2D eigenvalue weighted by molar-refractivity contribution is 5.92. The number of aromatic amines is 1. The van der Waals surface area contributed by atoms with E-state index in [-0.39, 0.29) is 12.3 Å². The molecule has 0 aliphatic heterocycles. The van der Waals surface area contributed by atoms with E-state index < -0.39 is 0 Å². The first-order valence-electron chi connectivity index (χ1n) is 7.79. The van der Waals surface area contributed by atoms with Gasteiger partial charge in [-0.05, 0) is 29.7 Å². The summed E-state index contributed by atoms with van der Waals surface area (Å²) in [5.41, 5.74) is 3.11. The lowest BCUT2D eigenvalue weighted by molar-refractivity contribution is 0.371. The maximum Gasteiger partial charge on any atom is 0.345 e. The first-order chi connectivity index (χ1) is 11.6. The molecule has 0 aliphatic carbocycles. The van der Waals surface area contributed by atoms with Gasteiger partial charge in [0, 0.05) is 10.9 Å². The van der Waals surface area contributed by atoms with Crippen LogP contribution in [0.3, 0.4) is 0 Å². The summed E-state index contributed by atoms with van der Waals surface area (Å²) >= 11 is 0. The molecule has 0 radical (unpaired) electrons. The van der Waals surface area contributed by atoms with Crippen molar-refractivity contribution in [3.63, 3.8) is 0 Å². The van der Waals surface area contributed by atoms with E-state index in [1.807, 2.05) is 18.2 Å². The summed E-state index contributed by atoms with van der Waals surface area (Å²) in [4.78, 5) is 18.8. The van der Waals surface area contributed by atoms with Crippen LogP contribution < -0.4 is 10.4 Å². The quantitative estimate of drug-likeness (QED) is 0.746. The van der Waals surface area contributed by atoms with Gasteiger partial charge in [-0.2, -0.15) is 4.98 Å². The molecule has 2 aromatic carbocycles.